The van der Waals surface area contributed by atoms with Crippen LogP contribution >= 0.6 is 11.8 Å². The lowest BCUT2D eigenvalue weighted by atomic mass is 10.2. The number of sulfone groups is 1. The largest absolute Gasteiger partial charge is 0.481 e. The van der Waals surface area contributed by atoms with Crippen molar-refractivity contribution in [2.24, 2.45) is 0 Å². The van der Waals surface area contributed by atoms with E-state index in [1.165, 1.54) is 16.7 Å². The van der Waals surface area contributed by atoms with E-state index in [1.54, 1.807) is 13.8 Å². The van der Waals surface area contributed by atoms with Gasteiger partial charge in [0.15, 0.2) is 9.84 Å². The summed E-state index contributed by atoms with van der Waals surface area (Å²) in [5, 5.41) is 8.74. The number of thioether (sulfide) groups is 1. The van der Waals surface area contributed by atoms with Crippen LogP contribution in [-0.2, 0) is 19.4 Å². The summed E-state index contributed by atoms with van der Waals surface area (Å²) in [5.41, 5.74) is 0. The van der Waals surface area contributed by atoms with E-state index in [0.29, 0.717) is 13.0 Å². The van der Waals surface area contributed by atoms with Crippen LogP contribution in [0.2, 0.25) is 0 Å². The molecule has 1 fully saturated rings. The Labute approximate surface area is 123 Å². The van der Waals surface area contributed by atoms with Crippen molar-refractivity contribution in [1.82, 2.24) is 4.90 Å². The van der Waals surface area contributed by atoms with Crippen LogP contribution in [0.1, 0.15) is 26.7 Å². The average molecular weight is 323 g/mol. The van der Waals surface area contributed by atoms with Crippen LogP contribution in [-0.4, -0.2) is 65.4 Å². The topological polar surface area (TPSA) is 91.8 Å². The minimum absolute atomic E-state index is 0.0163. The number of hydrogen-bond acceptors (Lipinski definition) is 5. The molecule has 0 saturated carbocycles. The van der Waals surface area contributed by atoms with Crippen LogP contribution in [0.15, 0.2) is 0 Å². The Morgan fingerprint density at radius 3 is 2.55 bits per heavy atom. The molecule has 1 saturated heterocycles. The van der Waals surface area contributed by atoms with E-state index >= 15 is 0 Å². The molecule has 8 heteroatoms. The van der Waals surface area contributed by atoms with Crippen molar-refractivity contribution >= 4 is 33.5 Å². The molecule has 6 nitrogen and oxygen atoms in total. The van der Waals surface area contributed by atoms with Crippen molar-refractivity contribution in [2.45, 2.75) is 38.0 Å². The van der Waals surface area contributed by atoms with Crippen LogP contribution in [0.4, 0.5) is 0 Å². The first-order chi connectivity index (χ1) is 9.25. The fourth-order valence-corrected chi connectivity index (χ4v) is 5.79. The van der Waals surface area contributed by atoms with Crippen LogP contribution in [0.3, 0.4) is 0 Å². The van der Waals surface area contributed by atoms with Gasteiger partial charge in [-0.1, -0.05) is 0 Å². The second-order valence-corrected chi connectivity index (χ2v) is 8.48. The van der Waals surface area contributed by atoms with Gasteiger partial charge in [-0.15, -0.1) is 11.8 Å². The Hall–Kier alpha value is -0.760. The molecule has 2 unspecified atom stereocenters. The van der Waals surface area contributed by atoms with Crippen molar-refractivity contribution < 1.29 is 23.1 Å². The molecule has 0 aromatic carbocycles. The number of hydrogen-bond donors (Lipinski definition) is 1. The van der Waals surface area contributed by atoms with E-state index < -0.39 is 15.8 Å². The quantitative estimate of drug-likeness (QED) is 0.738. The summed E-state index contributed by atoms with van der Waals surface area (Å²) in [6.45, 7) is 3.97. The highest BCUT2D eigenvalue weighted by Gasteiger charge is 2.29. The Balaban J connectivity index is 2.46. The summed E-state index contributed by atoms with van der Waals surface area (Å²) in [4.78, 5) is 24.3. The Morgan fingerprint density at radius 2 is 2.10 bits per heavy atom. The summed E-state index contributed by atoms with van der Waals surface area (Å²) in [5.74, 6) is -0.514. The van der Waals surface area contributed by atoms with Crippen molar-refractivity contribution in [2.75, 3.05) is 23.8 Å². The summed E-state index contributed by atoms with van der Waals surface area (Å²) in [7, 11) is -2.92. The molecule has 1 heterocycles. The molecule has 1 aliphatic rings. The van der Waals surface area contributed by atoms with Crippen molar-refractivity contribution in [3.63, 3.8) is 0 Å². The lowest BCUT2D eigenvalue weighted by Crippen LogP contribution is -2.41. The Morgan fingerprint density at radius 1 is 1.45 bits per heavy atom. The van der Waals surface area contributed by atoms with Crippen LogP contribution < -0.4 is 0 Å². The van der Waals surface area contributed by atoms with Gasteiger partial charge in [0.1, 0.15) is 0 Å². The van der Waals surface area contributed by atoms with E-state index in [1.807, 2.05) is 0 Å². The van der Waals surface area contributed by atoms with Crippen molar-refractivity contribution in [3.05, 3.63) is 0 Å². The number of rotatable bonds is 7. The fraction of sp³-hybridized carbons (Fsp3) is 0.833. The average Bonchev–Trinajstić information content (AvgIpc) is 2.66. The first-order valence-electron chi connectivity index (χ1n) is 6.58. The molecule has 0 aromatic heterocycles. The molecule has 0 spiro atoms. The zero-order valence-electron chi connectivity index (χ0n) is 11.7. The van der Waals surface area contributed by atoms with Gasteiger partial charge in [0.2, 0.25) is 5.91 Å². The molecule has 0 aromatic rings. The molecule has 1 rings (SSSR count). The second kappa shape index (κ2) is 7.31. The second-order valence-electron chi connectivity index (χ2n) is 4.96. The number of nitrogens with zero attached hydrogens (tertiary/aromatic N) is 1. The standard InChI is InChI=1S/C12H21NO5S2/c1-3-13(9(2)6-12(15)16)11(14)7-19-10-4-5-20(17,18)8-10/h9-10H,3-8H2,1-2H3,(H,15,16). The maximum atomic E-state index is 12.1. The predicted octanol–water partition coefficient (Wildman–Crippen LogP) is 0.618. The van der Waals surface area contributed by atoms with Crippen molar-refractivity contribution in [1.29, 1.82) is 0 Å². The van der Waals surface area contributed by atoms with Crippen LogP contribution in [0.5, 0.6) is 0 Å². The van der Waals surface area contributed by atoms with Gasteiger partial charge in [-0.25, -0.2) is 8.42 Å². The molecular formula is C12H21NO5S2. The highest BCUT2D eigenvalue weighted by atomic mass is 32.2. The van der Waals surface area contributed by atoms with Crippen LogP contribution in [0.25, 0.3) is 0 Å². The van der Waals surface area contributed by atoms with Gasteiger partial charge in [0, 0.05) is 17.8 Å². The van der Waals surface area contributed by atoms with Crippen molar-refractivity contribution in [3.8, 4) is 0 Å². The number of carboxylic acid groups (broad SMARTS) is 1. The number of carboxylic acids is 1. The predicted molar refractivity (Wildman–Crippen MR) is 78.6 cm³/mol. The molecule has 1 amide bonds. The van der Waals surface area contributed by atoms with E-state index in [2.05, 4.69) is 0 Å². The Kier molecular flexibility index (Phi) is 6.32. The molecule has 20 heavy (non-hydrogen) atoms. The number of carbonyl (C=O) groups excluding carboxylic acids is 1. The van der Waals surface area contributed by atoms with E-state index in [0.717, 1.165) is 0 Å². The third-order valence-corrected chi connectivity index (χ3v) is 6.56. The summed E-state index contributed by atoms with van der Waals surface area (Å²) < 4.78 is 22.7. The van der Waals surface area contributed by atoms with E-state index in [-0.39, 0.29) is 40.9 Å². The van der Waals surface area contributed by atoms with Gasteiger partial charge in [0.05, 0.1) is 23.7 Å². The Bertz CT molecular complexity index is 462. The van der Waals surface area contributed by atoms with E-state index in [9.17, 15) is 18.0 Å². The molecule has 116 valence electrons. The monoisotopic (exact) mass is 323 g/mol. The maximum absolute atomic E-state index is 12.1. The molecular weight excluding hydrogens is 302 g/mol. The van der Waals surface area contributed by atoms with E-state index in [4.69, 9.17) is 5.11 Å². The minimum Gasteiger partial charge on any atom is -0.481 e. The summed E-state index contributed by atoms with van der Waals surface area (Å²) in [6, 6.07) is -0.349. The van der Waals surface area contributed by atoms with Gasteiger partial charge in [-0.05, 0) is 20.3 Å². The number of aliphatic carboxylic acids is 1. The number of amides is 1. The summed E-state index contributed by atoms with van der Waals surface area (Å²) >= 11 is 1.36. The zero-order valence-corrected chi connectivity index (χ0v) is 13.4. The van der Waals surface area contributed by atoms with Gasteiger partial charge < -0.3 is 10.0 Å². The maximum Gasteiger partial charge on any atom is 0.305 e. The molecule has 0 radical (unpaired) electrons. The smallest absolute Gasteiger partial charge is 0.305 e. The molecule has 2 atom stereocenters. The first-order valence-corrected chi connectivity index (χ1v) is 9.45. The highest BCUT2D eigenvalue weighted by molar-refractivity contribution is 8.02. The molecule has 1 N–H and O–H groups in total. The molecule has 0 aliphatic carbocycles. The van der Waals surface area contributed by atoms with Crippen LogP contribution in [0, 0.1) is 0 Å². The first kappa shape index (κ1) is 17.3. The summed E-state index contributed by atoms with van der Waals surface area (Å²) in [6.07, 6.45) is 0.513. The third-order valence-electron chi connectivity index (χ3n) is 3.30. The van der Waals surface area contributed by atoms with Gasteiger partial charge in [-0.2, -0.15) is 0 Å². The SMILES string of the molecule is CCN(C(=O)CSC1CCS(=O)(=O)C1)C(C)CC(=O)O. The zero-order chi connectivity index (χ0) is 15.3. The van der Waals surface area contributed by atoms with Gasteiger partial charge >= 0.3 is 5.97 Å². The van der Waals surface area contributed by atoms with Gasteiger partial charge in [0.25, 0.3) is 0 Å². The third kappa shape index (κ3) is 5.32. The number of carbonyl (C=O) groups is 2. The molecule has 0 bridgehead atoms. The normalized spacial score (nSPS) is 22.4. The minimum atomic E-state index is -2.92. The lowest BCUT2D eigenvalue weighted by molar-refractivity contribution is -0.139. The lowest BCUT2D eigenvalue weighted by Gasteiger charge is -2.27. The fourth-order valence-electron chi connectivity index (χ4n) is 2.26. The highest BCUT2D eigenvalue weighted by Crippen LogP contribution is 2.24. The van der Waals surface area contributed by atoms with Gasteiger partial charge in [-0.3, -0.25) is 9.59 Å². The molecule has 1 aliphatic heterocycles.